The van der Waals surface area contributed by atoms with E-state index in [0.717, 1.165) is 88.9 Å². The number of hydrogen-bond donors (Lipinski definition) is 0. The molecule has 14 rings (SSSR count). The fraction of sp³-hybridized carbons (Fsp3) is 0. The van der Waals surface area contributed by atoms with Crippen LogP contribution in [0.5, 0.6) is 0 Å². The van der Waals surface area contributed by atoms with Crippen molar-refractivity contribution in [1.82, 2.24) is 38.6 Å². The SMILES string of the molecule is c1ccc(-c2nc(-c3ccccc3)nc(-c3cccc(-n4c5ccccc5c5nc6c(-n7c8ccccc8c8ccccc87)ccc(-n7c8ccccc8c8ccccc87)c6nc54)c3)n2)cc1. The molecule has 67 heavy (non-hydrogen) atoms. The van der Waals surface area contributed by atoms with Crippen LogP contribution in [0.3, 0.4) is 0 Å². The molecule has 0 saturated heterocycles. The summed E-state index contributed by atoms with van der Waals surface area (Å²) in [6.07, 6.45) is 0. The second kappa shape index (κ2) is 14.6. The number of benzene rings is 9. The molecule has 0 radical (unpaired) electrons. The van der Waals surface area contributed by atoms with E-state index in [1.807, 2.05) is 60.7 Å². The Morgan fingerprint density at radius 2 is 0.627 bits per heavy atom. The maximum Gasteiger partial charge on any atom is 0.165 e. The van der Waals surface area contributed by atoms with Crippen LogP contribution in [0.4, 0.5) is 0 Å². The highest BCUT2D eigenvalue weighted by Crippen LogP contribution is 2.41. The van der Waals surface area contributed by atoms with Crippen LogP contribution in [-0.4, -0.2) is 38.6 Å². The number of aromatic nitrogens is 8. The first kappa shape index (κ1) is 37.1. The molecule has 0 amide bonds. The lowest BCUT2D eigenvalue weighted by Gasteiger charge is -2.16. The molecule has 0 spiro atoms. The summed E-state index contributed by atoms with van der Waals surface area (Å²) >= 11 is 0. The van der Waals surface area contributed by atoms with Gasteiger partial charge in [0.25, 0.3) is 0 Å². The molecule has 0 saturated carbocycles. The van der Waals surface area contributed by atoms with Gasteiger partial charge in [-0.2, -0.15) is 0 Å². The van der Waals surface area contributed by atoms with Crippen LogP contribution >= 0.6 is 0 Å². The lowest BCUT2D eigenvalue weighted by atomic mass is 10.1. The van der Waals surface area contributed by atoms with Crippen molar-refractivity contribution in [1.29, 1.82) is 0 Å². The zero-order chi connectivity index (χ0) is 44.0. The van der Waals surface area contributed by atoms with Crippen molar-refractivity contribution in [2.24, 2.45) is 0 Å². The quantitative estimate of drug-likeness (QED) is 0.166. The smallest absolute Gasteiger partial charge is 0.165 e. The first-order valence-electron chi connectivity index (χ1n) is 22.4. The van der Waals surface area contributed by atoms with E-state index >= 15 is 0 Å². The third kappa shape index (κ3) is 5.70. The highest BCUT2D eigenvalue weighted by molar-refractivity contribution is 6.14. The maximum atomic E-state index is 5.83. The van der Waals surface area contributed by atoms with E-state index in [1.54, 1.807) is 0 Å². The van der Waals surface area contributed by atoms with Gasteiger partial charge in [0.2, 0.25) is 0 Å². The Morgan fingerprint density at radius 3 is 1.10 bits per heavy atom. The van der Waals surface area contributed by atoms with Crippen molar-refractivity contribution in [2.75, 3.05) is 0 Å². The van der Waals surface area contributed by atoms with E-state index in [4.69, 9.17) is 24.9 Å². The minimum Gasteiger partial charge on any atom is -0.307 e. The lowest BCUT2D eigenvalue weighted by molar-refractivity contribution is 1.07. The summed E-state index contributed by atoms with van der Waals surface area (Å²) in [5, 5.41) is 5.75. The monoisotopic (exact) mass is 856 g/mol. The van der Waals surface area contributed by atoms with E-state index in [-0.39, 0.29) is 0 Å². The van der Waals surface area contributed by atoms with E-state index in [0.29, 0.717) is 17.5 Å². The molecule has 0 aliphatic heterocycles. The average molecular weight is 857 g/mol. The Balaban J connectivity index is 1.06. The summed E-state index contributed by atoms with van der Waals surface area (Å²) in [5.74, 6) is 1.80. The molecule has 8 nitrogen and oxygen atoms in total. The van der Waals surface area contributed by atoms with Crippen molar-refractivity contribution < 1.29 is 0 Å². The summed E-state index contributed by atoms with van der Waals surface area (Å²) in [7, 11) is 0. The van der Waals surface area contributed by atoms with E-state index in [2.05, 4.69) is 171 Å². The zero-order valence-electron chi connectivity index (χ0n) is 35.9. The highest BCUT2D eigenvalue weighted by atomic mass is 15.1. The molecule has 5 aromatic heterocycles. The number of fused-ring (bicyclic) bond motifs is 10. The molecule has 0 fully saturated rings. The Morgan fingerprint density at radius 1 is 0.254 bits per heavy atom. The molecule has 0 unspecified atom stereocenters. The minimum absolute atomic E-state index is 0.580. The van der Waals surface area contributed by atoms with Gasteiger partial charge in [0.1, 0.15) is 16.6 Å². The van der Waals surface area contributed by atoms with Crippen molar-refractivity contribution in [2.45, 2.75) is 0 Å². The van der Waals surface area contributed by atoms with Crippen LogP contribution in [0.1, 0.15) is 0 Å². The maximum absolute atomic E-state index is 5.83. The van der Waals surface area contributed by atoms with Gasteiger partial charge in [-0.3, -0.25) is 4.57 Å². The van der Waals surface area contributed by atoms with E-state index in [1.165, 1.54) is 21.5 Å². The molecule has 0 N–H and O–H groups in total. The van der Waals surface area contributed by atoms with Crippen LogP contribution in [0.15, 0.2) is 218 Å². The fourth-order valence-corrected chi connectivity index (χ4v) is 10.1. The molecule has 8 heteroatoms. The standard InChI is InChI=1S/C59H36N8/c1-3-18-37(19-4-1)56-62-57(38-20-5-2-6-21-38)64-58(63-56)39-22-17-23-40(36-39)65-50-33-16-11-28-45(50)53-59(65)61-55-52(67-48-31-14-9-26-43(48)44-27-10-15-32-49(44)67)35-34-51(54(55)60-53)66-46-29-12-7-24-41(46)42-25-8-13-30-47(42)66/h1-36H. The van der Waals surface area contributed by atoms with Gasteiger partial charge in [-0.1, -0.05) is 164 Å². The summed E-state index contributed by atoms with van der Waals surface area (Å²) in [6, 6.07) is 76.0. The van der Waals surface area contributed by atoms with Crippen molar-refractivity contribution in [3.05, 3.63) is 218 Å². The molecule has 0 aliphatic rings. The Labute approximate surface area is 383 Å². The summed E-state index contributed by atoms with van der Waals surface area (Å²) < 4.78 is 6.95. The number of hydrogen-bond acceptors (Lipinski definition) is 5. The Bertz CT molecular complexity index is 4120. The van der Waals surface area contributed by atoms with Gasteiger partial charge >= 0.3 is 0 Å². The van der Waals surface area contributed by atoms with Gasteiger partial charge in [-0.15, -0.1) is 0 Å². The van der Waals surface area contributed by atoms with Crippen LogP contribution < -0.4 is 0 Å². The summed E-state index contributed by atoms with van der Waals surface area (Å²) in [4.78, 5) is 26.7. The molecule has 0 atom stereocenters. The van der Waals surface area contributed by atoms with E-state index in [9.17, 15) is 0 Å². The first-order valence-corrected chi connectivity index (χ1v) is 22.4. The van der Waals surface area contributed by atoms with Gasteiger partial charge in [0.15, 0.2) is 23.1 Å². The Hall–Kier alpha value is -9.27. The van der Waals surface area contributed by atoms with Gasteiger partial charge in [0, 0.05) is 49.3 Å². The normalized spacial score (nSPS) is 11.9. The lowest BCUT2D eigenvalue weighted by Crippen LogP contribution is -2.04. The third-order valence-electron chi connectivity index (χ3n) is 13.1. The van der Waals surface area contributed by atoms with Gasteiger partial charge < -0.3 is 9.13 Å². The second-order valence-corrected chi connectivity index (χ2v) is 16.9. The first-order chi connectivity index (χ1) is 33.2. The van der Waals surface area contributed by atoms with Gasteiger partial charge in [-0.25, -0.2) is 24.9 Å². The van der Waals surface area contributed by atoms with Gasteiger partial charge in [-0.05, 0) is 54.6 Å². The average Bonchev–Trinajstić information content (AvgIpc) is 4.04. The summed E-state index contributed by atoms with van der Waals surface area (Å²) in [5.41, 5.74) is 14.1. The molecule has 14 aromatic rings. The molecular weight excluding hydrogens is 821 g/mol. The predicted octanol–water partition coefficient (Wildman–Crippen LogP) is 14.1. The van der Waals surface area contributed by atoms with Crippen LogP contribution in [0.25, 0.3) is 128 Å². The predicted molar refractivity (Wildman–Crippen MR) is 272 cm³/mol. The topological polar surface area (TPSA) is 79.2 Å². The van der Waals surface area contributed by atoms with Crippen LogP contribution in [0, 0.1) is 0 Å². The molecule has 5 heterocycles. The fourth-order valence-electron chi connectivity index (χ4n) is 10.1. The number of nitrogens with zero attached hydrogens (tertiary/aromatic N) is 8. The van der Waals surface area contributed by atoms with E-state index < -0.39 is 0 Å². The highest BCUT2D eigenvalue weighted by Gasteiger charge is 2.24. The zero-order valence-corrected chi connectivity index (χ0v) is 35.9. The molecular formula is C59H36N8. The largest absolute Gasteiger partial charge is 0.307 e. The second-order valence-electron chi connectivity index (χ2n) is 16.9. The van der Waals surface area contributed by atoms with Crippen LogP contribution in [-0.2, 0) is 0 Å². The Kier molecular flexibility index (Phi) is 8.11. The minimum atomic E-state index is 0.580. The van der Waals surface area contributed by atoms with Crippen molar-refractivity contribution >= 4 is 76.7 Å². The number of rotatable bonds is 6. The number of para-hydroxylation sites is 5. The third-order valence-corrected chi connectivity index (χ3v) is 13.1. The van der Waals surface area contributed by atoms with Crippen molar-refractivity contribution in [3.63, 3.8) is 0 Å². The van der Waals surface area contributed by atoms with Crippen molar-refractivity contribution in [3.8, 4) is 51.2 Å². The summed E-state index contributed by atoms with van der Waals surface area (Å²) in [6.45, 7) is 0. The molecule has 0 aliphatic carbocycles. The molecule has 312 valence electrons. The van der Waals surface area contributed by atoms with Crippen LogP contribution in [0.2, 0.25) is 0 Å². The molecule has 9 aromatic carbocycles. The molecule has 0 bridgehead atoms. The van der Waals surface area contributed by atoms with Gasteiger partial charge in [0.05, 0.1) is 39.0 Å².